The summed E-state index contributed by atoms with van der Waals surface area (Å²) in [6, 6.07) is -1.01. The monoisotopic (exact) mass is 898 g/mol. The van der Waals surface area contributed by atoms with E-state index in [0.717, 1.165) is 64.2 Å². The molecule has 0 fully saturated rings. The third kappa shape index (κ3) is 45.2. The lowest BCUT2D eigenvalue weighted by Crippen LogP contribution is -2.53. The molecule has 0 aromatic heterocycles. The molecule has 0 radical (unpaired) electrons. The Balaban J connectivity index is 3.61. The van der Waals surface area contributed by atoms with Gasteiger partial charge in [-0.1, -0.05) is 242 Å². The number of nitrogens with one attached hydrogen (secondary N) is 1. The molecule has 0 aliphatic rings. The minimum absolute atomic E-state index is 0.357. The summed E-state index contributed by atoms with van der Waals surface area (Å²) in [5.74, 6) is -0.600. The molecule has 64 heavy (non-hydrogen) atoms. The molecule has 4 unspecified atom stereocenters. The number of unbranched alkanes of at least 4 members (excludes halogenated alkanes) is 31. The summed E-state index contributed by atoms with van der Waals surface area (Å²) in [6.07, 6.45) is 67.3. The van der Waals surface area contributed by atoms with Crippen LogP contribution < -0.4 is 5.32 Å². The molecule has 0 saturated heterocycles. The first-order chi connectivity index (χ1) is 31.5. The van der Waals surface area contributed by atoms with Crippen molar-refractivity contribution in [3.63, 3.8) is 0 Å². The Bertz CT molecular complexity index is 1100. The zero-order valence-electron chi connectivity index (χ0n) is 42.3. The first-order valence-electron chi connectivity index (χ1n) is 27.7. The zero-order chi connectivity index (χ0) is 46.7. The number of rotatable bonds is 50. The normalized spacial score (nSPS) is 14.3. The molecule has 0 bridgehead atoms. The van der Waals surface area contributed by atoms with Gasteiger partial charge in [0.2, 0.25) is 5.91 Å². The summed E-state index contributed by atoms with van der Waals surface area (Å²) >= 11 is 0. The predicted molar refractivity (Wildman–Crippen MR) is 279 cm³/mol. The van der Waals surface area contributed by atoms with E-state index < -0.39 is 36.9 Å². The number of carbonyl (C=O) groups is 1. The van der Waals surface area contributed by atoms with Gasteiger partial charge >= 0.3 is 0 Å². The molecule has 0 heterocycles. The van der Waals surface area contributed by atoms with E-state index in [1.54, 1.807) is 0 Å². The van der Waals surface area contributed by atoms with Gasteiger partial charge in [0.25, 0.3) is 0 Å². The molecule has 0 aromatic carbocycles. The van der Waals surface area contributed by atoms with E-state index >= 15 is 0 Å². The van der Waals surface area contributed by atoms with Gasteiger partial charge in [-0.3, -0.25) is 4.79 Å². The first kappa shape index (κ1) is 62.0. The van der Waals surface area contributed by atoms with Gasteiger partial charge in [0.1, 0.15) is 12.2 Å². The fourth-order valence-corrected chi connectivity index (χ4v) is 8.30. The van der Waals surface area contributed by atoms with Gasteiger partial charge < -0.3 is 25.7 Å². The van der Waals surface area contributed by atoms with E-state index in [1.165, 1.54) is 173 Å². The average molecular weight is 898 g/mol. The Morgan fingerprint density at radius 1 is 0.391 bits per heavy atom. The van der Waals surface area contributed by atoms with Crippen molar-refractivity contribution in [2.24, 2.45) is 0 Å². The fraction of sp³-hybridized carbons (Fsp3) is 0.810. The Morgan fingerprint density at radius 2 is 0.734 bits per heavy atom. The molecule has 0 spiro atoms. The quantitative estimate of drug-likeness (QED) is 0.0309. The predicted octanol–water partition coefficient (Wildman–Crippen LogP) is 16.0. The molecule has 1 amide bonds. The first-order valence-corrected chi connectivity index (χ1v) is 27.7. The van der Waals surface area contributed by atoms with Crippen molar-refractivity contribution < 1.29 is 25.2 Å². The number of aliphatic hydroxyl groups is 4. The summed E-state index contributed by atoms with van der Waals surface area (Å²) in [4.78, 5) is 12.6. The van der Waals surface area contributed by atoms with Crippen LogP contribution in [-0.4, -0.2) is 57.3 Å². The second-order valence-electron chi connectivity index (χ2n) is 18.9. The van der Waals surface area contributed by atoms with Crippen molar-refractivity contribution in [3.8, 4) is 0 Å². The standard InChI is InChI=1S/C58H107NO5/c1-3-5-7-9-11-13-15-17-19-20-21-22-23-24-25-26-27-28-29-30-31-32-33-34-35-36-37-38-40-42-44-46-48-50-52-56(62)58(64)59-54(53-60)57(63)55(61)51-49-47-45-43-41-39-18-16-14-12-10-8-6-4-2/h8,10,16,18,23-24,26-27,43,45,54-57,60-63H,3-7,9,11-15,17,19-22,25,28-42,44,46-53H2,1-2H3,(H,59,64)/b10-8+,18-16+,24-23-,27-26-,45-43+. The third-order valence-electron chi connectivity index (χ3n) is 12.6. The van der Waals surface area contributed by atoms with Crippen LogP contribution in [0.25, 0.3) is 0 Å². The zero-order valence-corrected chi connectivity index (χ0v) is 42.3. The molecule has 6 heteroatoms. The minimum Gasteiger partial charge on any atom is -0.394 e. The van der Waals surface area contributed by atoms with Crippen molar-refractivity contribution in [2.75, 3.05) is 6.61 Å². The Labute approximate surface area is 397 Å². The molecule has 6 nitrogen and oxygen atoms in total. The number of aliphatic hydroxyl groups excluding tert-OH is 4. The second kappa shape index (κ2) is 52.0. The number of hydrogen-bond acceptors (Lipinski definition) is 5. The topological polar surface area (TPSA) is 110 Å². The molecule has 0 rings (SSSR count). The molecular weight excluding hydrogens is 791 g/mol. The van der Waals surface area contributed by atoms with Crippen LogP contribution in [0.5, 0.6) is 0 Å². The Hall–Kier alpha value is -1.99. The highest BCUT2D eigenvalue weighted by Gasteiger charge is 2.28. The van der Waals surface area contributed by atoms with E-state index in [-0.39, 0.29) is 0 Å². The maximum atomic E-state index is 12.6. The number of amides is 1. The van der Waals surface area contributed by atoms with E-state index in [9.17, 15) is 25.2 Å². The van der Waals surface area contributed by atoms with Gasteiger partial charge in [-0.2, -0.15) is 0 Å². The highest BCUT2D eigenvalue weighted by Crippen LogP contribution is 2.17. The largest absolute Gasteiger partial charge is 0.394 e. The summed E-state index contributed by atoms with van der Waals surface area (Å²) < 4.78 is 0. The Morgan fingerprint density at radius 3 is 1.14 bits per heavy atom. The van der Waals surface area contributed by atoms with Crippen LogP contribution >= 0.6 is 0 Å². The van der Waals surface area contributed by atoms with Crippen LogP contribution in [0.2, 0.25) is 0 Å². The van der Waals surface area contributed by atoms with Crippen molar-refractivity contribution in [3.05, 3.63) is 60.8 Å². The van der Waals surface area contributed by atoms with Crippen molar-refractivity contribution in [2.45, 2.75) is 295 Å². The van der Waals surface area contributed by atoms with Crippen LogP contribution in [0.1, 0.15) is 271 Å². The minimum atomic E-state index is -1.29. The van der Waals surface area contributed by atoms with Gasteiger partial charge in [0.05, 0.1) is 18.8 Å². The Kier molecular flexibility index (Phi) is 50.4. The second-order valence-corrected chi connectivity index (χ2v) is 18.9. The summed E-state index contributed by atoms with van der Waals surface area (Å²) in [6.45, 7) is 3.98. The van der Waals surface area contributed by atoms with Gasteiger partial charge in [0.15, 0.2) is 0 Å². The summed E-state index contributed by atoms with van der Waals surface area (Å²) in [7, 11) is 0. The van der Waals surface area contributed by atoms with E-state index in [0.29, 0.717) is 19.3 Å². The molecule has 5 N–H and O–H groups in total. The fourth-order valence-electron chi connectivity index (χ4n) is 8.30. The van der Waals surface area contributed by atoms with Gasteiger partial charge in [-0.15, -0.1) is 0 Å². The van der Waals surface area contributed by atoms with Gasteiger partial charge in [-0.05, 0) is 89.9 Å². The van der Waals surface area contributed by atoms with E-state index in [2.05, 4.69) is 79.9 Å². The van der Waals surface area contributed by atoms with E-state index in [1.807, 2.05) is 0 Å². The van der Waals surface area contributed by atoms with Crippen molar-refractivity contribution in [1.29, 1.82) is 0 Å². The highest BCUT2D eigenvalue weighted by atomic mass is 16.3. The SMILES string of the molecule is CCC/C=C/CC/C=C/CC/C=C/CCCC(O)C(O)C(CO)NC(=O)C(O)CCCCCCCCCCCCCCCCCC/C=C\C/C=C\CCCCCCCCCCCCC. The molecular formula is C58H107NO5. The molecule has 4 atom stereocenters. The van der Waals surface area contributed by atoms with Crippen LogP contribution in [0.3, 0.4) is 0 Å². The molecule has 0 aliphatic carbocycles. The van der Waals surface area contributed by atoms with E-state index in [4.69, 9.17) is 0 Å². The lowest BCUT2D eigenvalue weighted by molar-refractivity contribution is -0.132. The molecule has 374 valence electrons. The maximum Gasteiger partial charge on any atom is 0.249 e. The van der Waals surface area contributed by atoms with Crippen molar-refractivity contribution >= 4 is 5.91 Å². The van der Waals surface area contributed by atoms with Crippen LogP contribution in [-0.2, 0) is 4.79 Å². The maximum absolute atomic E-state index is 12.6. The van der Waals surface area contributed by atoms with Gasteiger partial charge in [0, 0.05) is 0 Å². The highest BCUT2D eigenvalue weighted by molar-refractivity contribution is 5.80. The number of hydrogen-bond donors (Lipinski definition) is 5. The van der Waals surface area contributed by atoms with Crippen LogP contribution in [0, 0.1) is 0 Å². The lowest BCUT2D eigenvalue weighted by atomic mass is 10.00. The number of carbonyl (C=O) groups excluding carboxylic acids is 1. The van der Waals surface area contributed by atoms with Gasteiger partial charge in [-0.25, -0.2) is 0 Å². The molecule has 0 aromatic rings. The summed E-state index contributed by atoms with van der Waals surface area (Å²) in [5, 5.41) is 43.8. The molecule has 0 aliphatic heterocycles. The third-order valence-corrected chi connectivity index (χ3v) is 12.6. The molecule has 0 saturated carbocycles. The smallest absolute Gasteiger partial charge is 0.249 e. The van der Waals surface area contributed by atoms with Crippen molar-refractivity contribution in [1.82, 2.24) is 5.32 Å². The number of allylic oxidation sites excluding steroid dienone is 10. The lowest BCUT2D eigenvalue weighted by Gasteiger charge is -2.27. The summed E-state index contributed by atoms with van der Waals surface area (Å²) in [5.41, 5.74) is 0. The van der Waals surface area contributed by atoms with Crippen LogP contribution in [0.15, 0.2) is 60.8 Å². The van der Waals surface area contributed by atoms with Crippen LogP contribution in [0.4, 0.5) is 0 Å². The average Bonchev–Trinajstić information content (AvgIpc) is 3.30.